The molecule has 0 amide bonds. The molecule has 0 spiro atoms. The lowest BCUT2D eigenvalue weighted by Crippen LogP contribution is -2.01. The molecule has 0 atom stereocenters. The quantitative estimate of drug-likeness (QED) is 0.878. The lowest BCUT2D eigenvalue weighted by atomic mass is 10.1. The van der Waals surface area contributed by atoms with E-state index in [0.29, 0.717) is 6.61 Å². The van der Waals surface area contributed by atoms with Gasteiger partial charge in [-0.15, -0.1) is 0 Å². The summed E-state index contributed by atoms with van der Waals surface area (Å²) in [5.74, 6) is 1.87. The van der Waals surface area contributed by atoms with Gasteiger partial charge in [-0.05, 0) is 42.0 Å². The SMILES string of the molecule is COc1ccc(CCOc2ccc(O)cc2)cc1. The molecular weight excluding hydrogens is 228 g/mol. The van der Waals surface area contributed by atoms with E-state index in [1.807, 2.05) is 24.3 Å². The number of rotatable bonds is 5. The van der Waals surface area contributed by atoms with E-state index in [0.717, 1.165) is 17.9 Å². The van der Waals surface area contributed by atoms with Gasteiger partial charge in [-0.3, -0.25) is 0 Å². The second kappa shape index (κ2) is 5.96. The van der Waals surface area contributed by atoms with Crippen LogP contribution in [0.2, 0.25) is 0 Å². The number of methoxy groups -OCH3 is 1. The van der Waals surface area contributed by atoms with Gasteiger partial charge in [0.05, 0.1) is 13.7 Å². The van der Waals surface area contributed by atoms with Gasteiger partial charge in [-0.2, -0.15) is 0 Å². The van der Waals surface area contributed by atoms with Crippen molar-refractivity contribution in [2.24, 2.45) is 0 Å². The number of ether oxygens (including phenoxy) is 2. The minimum atomic E-state index is 0.248. The zero-order chi connectivity index (χ0) is 12.8. The number of hydrogen-bond acceptors (Lipinski definition) is 3. The van der Waals surface area contributed by atoms with Gasteiger partial charge in [0.1, 0.15) is 17.2 Å². The van der Waals surface area contributed by atoms with Crippen molar-refractivity contribution >= 4 is 0 Å². The van der Waals surface area contributed by atoms with Crippen LogP contribution in [0, 0.1) is 0 Å². The Morgan fingerprint density at radius 1 is 0.889 bits per heavy atom. The monoisotopic (exact) mass is 244 g/mol. The summed E-state index contributed by atoms with van der Waals surface area (Å²) in [6.07, 6.45) is 0.838. The molecule has 0 unspecified atom stereocenters. The number of hydrogen-bond donors (Lipinski definition) is 1. The van der Waals surface area contributed by atoms with E-state index >= 15 is 0 Å². The molecule has 0 aliphatic heterocycles. The van der Waals surface area contributed by atoms with Crippen LogP contribution >= 0.6 is 0 Å². The molecule has 3 heteroatoms. The first-order valence-electron chi connectivity index (χ1n) is 5.83. The van der Waals surface area contributed by atoms with Gasteiger partial charge in [0.15, 0.2) is 0 Å². The van der Waals surface area contributed by atoms with Gasteiger partial charge >= 0.3 is 0 Å². The van der Waals surface area contributed by atoms with Gasteiger partial charge < -0.3 is 14.6 Å². The summed E-state index contributed by atoms with van der Waals surface area (Å²) < 4.78 is 10.7. The van der Waals surface area contributed by atoms with Crippen molar-refractivity contribution in [1.82, 2.24) is 0 Å². The second-order valence-corrected chi connectivity index (χ2v) is 3.94. The number of aromatic hydroxyl groups is 1. The van der Waals surface area contributed by atoms with Crippen molar-refractivity contribution in [3.05, 3.63) is 54.1 Å². The maximum Gasteiger partial charge on any atom is 0.119 e. The van der Waals surface area contributed by atoms with Gasteiger partial charge in [0, 0.05) is 6.42 Å². The topological polar surface area (TPSA) is 38.7 Å². The van der Waals surface area contributed by atoms with Gasteiger partial charge in [-0.1, -0.05) is 12.1 Å². The molecule has 94 valence electrons. The molecule has 2 aromatic rings. The first kappa shape index (κ1) is 12.3. The van der Waals surface area contributed by atoms with Crippen LogP contribution in [0.1, 0.15) is 5.56 Å². The highest BCUT2D eigenvalue weighted by Gasteiger charge is 1.97. The molecular formula is C15H16O3. The van der Waals surface area contributed by atoms with Crippen molar-refractivity contribution in [2.45, 2.75) is 6.42 Å². The molecule has 0 fully saturated rings. The highest BCUT2D eigenvalue weighted by Crippen LogP contribution is 2.16. The average Bonchev–Trinajstić information content (AvgIpc) is 2.42. The molecule has 0 radical (unpaired) electrons. The van der Waals surface area contributed by atoms with E-state index in [2.05, 4.69) is 0 Å². The van der Waals surface area contributed by atoms with E-state index in [1.54, 1.807) is 31.4 Å². The Bertz CT molecular complexity index is 474. The lowest BCUT2D eigenvalue weighted by molar-refractivity contribution is 0.321. The van der Waals surface area contributed by atoms with E-state index in [4.69, 9.17) is 14.6 Å². The molecule has 0 aliphatic rings. The van der Waals surface area contributed by atoms with E-state index < -0.39 is 0 Å². The minimum absolute atomic E-state index is 0.248. The fourth-order valence-electron chi connectivity index (χ4n) is 1.62. The average molecular weight is 244 g/mol. The standard InChI is InChI=1S/C15H16O3/c1-17-14-6-2-12(3-7-14)10-11-18-15-8-4-13(16)5-9-15/h2-9,16H,10-11H2,1H3. The third kappa shape index (κ3) is 3.42. The van der Waals surface area contributed by atoms with Gasteiger partial charge in [0.25, 0.3) is 0 Å². The molecule has 0 saturated carbocycles. The molecule has 0 heterocycles. The van der Waals surface area contributed by atoms with Crippen molar-refractivity contribution in [3.8, 4) is 17.2 Å². The van der Waals surface area contributed by atoms with Crippen LogP contribution in [-0.4, -0.2) is 18.8 Å². The van der Waals surface area contributed by atoms with Gasteiger partial charge in [0.2, 0.25) is 0 Å². The second-order valence-electron chi connectivity index (χ2n) is 3.94. The molecule has 0 saturated heterocycles. The molecule has 2 rings (SSSR count). The molecule has 0 aliphatic carbocycles. The molecule has 3 nitrogen and oxygen atoms in total. The summed E-state index contributed by atoms with van der Waals surface area (Å²) in [6.45, 7) is 0.608. The lowest BCUT2D eigenvalue weighted by Gasteiger charge is -2.07. The van der Waals surface area contributed by atoms with Crippen LogP contribution in [-0.2, 0) is 6.42 Å². The Balaban J connectivity index is 1.82. The zero-order valence-corrected chi connectivity index (χ0v) is 10.3. The van der Waals surface area contributed by atoms with Crippen LogP contribution in [0.25, 0.3) is 0 Å². The third-order valence-corrected chi connectivity index (χ3v) is 2.66. The third-order valence-electron chi connectivity index (χ3n) is 2.66. The summed E-state index contributed by atoms with van der Waals surface area (Å²) in [4.78, 5) is 0. The molecule has 1 N–H and O–H groups in total. The summed E-state index contributed by atoms with van der Waals surface area (Å²) >= 11 is 0. The first-order chi connectivity index (χ1) is 8.78. The Hall–Kier alpha value is -2.16. The largest absolute Gasteiger partial charge is 0.508 e. The molecule has 2 aromatic carbocycles. The number of benzene rings is 2. The van der Waals surface area contributed by atoms with Crippen molar-refractivity contribution in [3.63, 3.8) is 0 Å². The number of phenolic OH excluding ortho intramolecular Hbond substituents is 1. The van der Waals surface area contributed by atoms with E-state index in [9.17, 15) is 0 Å². The van der Waals surface area contributed by atoms with Crippen molar-refractivity contribution in [2.75, 3.05) is 13.7 Å². The maximum atomic E-state index is 9.14. The fourth-order valence-corrected chi connectivity index (χ4v) is 1.62. The zero-order valence-electron chi connectivity index (χ0n) is 10.3. The molecule has 0 bridgehead atoms. The maximum absolute atomic E-state index is 9.14. The van der Waals surface area contributed by atoms with Crippen LogP contribution < -0.4 is 9.47 Å². The highest BCUT2D eigenvalue weighted by molar-refractivity contribution is 5.30. The predicted octanol–water partition coefficient (Wildman–Crippen LogP) is 3.02. The molecule has 18 heavy (non-hydrogen) atoms. The summed E-state index contributed by atoms with van der Waals surface area (Å²) in [5, 5.41) is 9.14. The Labute approximate surface area is 107 Å². The van der Waals surface area contributed by atoms with Crippen LogP contribution in [0.3, 0.4) is 0 Å². The highest BCUT2D eigenvalue weighted by atomic mass is 16.5. The van der Waals surface area contributed by atoms with Crippen LogP contribution in [0.15, 0.2) is 48.5 Å². The van der Waals surface area contributed by atoms with E-state index in [1.165, 1.54) is 5.56 Å². The fraction of sp³-hybridized carbons (Fsp3) is 0.200. The van der Waals surface area contributed by atoms with Crippen LogP contribution in [0.5, 0.6) is 17.2 Å². The van der Waals surface area contributed by atoms with Crippen molar-refractivity contribution in [1.29, 1.82) is 0 Å². The summed E-state index contributed by atoms with van der Waals surface area (Å²) in [6, 6.07) is 14.7. The smallest absolute Gasteiger partial charge is 0.119 e. The number of phenols is 1. The summed E-state index contributed by atoms with van der Waals surface area (Å²) in [5.41, 5.74) is 1.20. The Morgan fingerprint density at radius 3 is 2.11 bits per heavy atom. The first-order valence-corrected chi connectivity index (χ1v) is 5.83. The predicted molar refractivity (Wildman–Crippen MR) is 70.3 cm³/mol. The Kier molecular flexibility index (Phi) is 4.07. The minimum Gasteiger partial charge on any atom is -0.508 e. The Morgan fingerprint density at radius 2 is 1.50 bits per heavy atom. The van der Waals surface area contributed by atoms with Crippen LogP contribution in [0.4, 0.5) is 0 Å². The van der Waals surface area contributed by atoms with E-state index in [-0.39, 0.29) is 5.75 Å². The molecule has 0 aromatic heterocycles. The van der Waals surface area contributed by atoms with Crippen molar-refractivity contribution < 1.29 is 14.6 Å². The summed E-state index contributed by atoms with van der Waals surface area (Å²) in [7, 11) is 1.66. The van der Waals surface area contributed by atoms with Gasteiger partial charge in [-0.25, -0.2) is 0 Å². The normalized spacial score (nSPS) is 10.1.